The van der Waals surface area contributed by atoms with Gasteiger partial charge in [-0.05, 0) is 43.5 Å². The molecule has 2 aromatic rings. The van der Waals surface area contributed by atoms with Crippen molar-refractivity contribution in [3.8, 4) is 0 Å². The lowest BCUT2D eigenvalue weighted by Gasteiger charge is -2.23. The van der Waals surface area contributed by atoms with Crippen LogP contribution in [0.15, 0.2) is 54.6 Å². The Morgan fingerprint density at radius 3 is 2.46 bits per heavy atom. The van der Waals surface area contributed by atoms with Gasteiger partial charge in [0, 0.05) is 11.1 Å². The fourth-order valence-electron chi connectivity index (χ4n) is 2.58. The molecule has 26 heavy (non-hydrogen) atoms. The fourth-order valence-corrected chi connectivity index (χ4v) is 3.61. The van der Waals surface area contributed by atoms with Gasteiger partial charge in [0.05, 0.1) is 11.9 Å². The topological polar surface area (TPSA) is 66.5 Å². The first kappa shape index (κ1) is 20.3. The molecule has 0 aliphatic heterocycles. The van der Waals surface area contributed by atoms with Crippen LogP contribution in [-0.2, 0) is 21.2 Å². The summed E-state index contributed by atoms with van der Waals surface area (Å²) in [7, 11) is -3.61. The second kappa shape index (κ2) is 9.05. The average molecular weight is 395 g/mol. The summed E-state index contributed by atoms with van der Waals surface area (Å²) >= 11 is 5.94. The van der Waals surface area contributed by atoms with Crippen LogP contribution in [0.5, 0.6) is 0 Å². The molecule has 0 radical (unpaired) electrons. The minimum Gasteiger partial charge on any atom is -0.352 e. The number of amides is 1. The highest BCUT2D eigenvalue weighted by Gasteiger charge is 2.21. The summed E-state index contributed by atoms with van der Waals surface area (Å²) in [6.07, 6.45) is 2.68. The van der Waals surface area contributed by atoms with Crippen molar-refractivity contribution in [3.05, 3.63) is 65.2 Å². The number of aryl methyl sites for hydroxylation is 1. The van der Waals surface area contributed by atoms with Gasteiger partial charge in [-0.2, -0.15) is 0 Å². The molecule has 1 atom stereocenters. The van der Waals surface area contributed by atoms with Crippen molar-refractivity contribution in [1.29, 1.82) is 0 Å². The molecule has 2 rings (SSSR count). The van der Waals surface area contributed by atoms with Crippen LogP contribution in [0.3, 0.4) is 0 Å². The molecule has 0 aromatic heterocycles. The highest BCUT2D eigenvalue weighted by Crippen LogP contribution is 2.21. The fraction of sp³-hybridized carbons (Fsp3) is 0.316. The van der Waals surface area contributed by atoms with E-state index in [0.29, 0.717) is 10.7 Å². The SMILES string of the molecule is C[C@H](CCc1ccccc1)NC(=O)CN(c1cccc(Cl)c1)S(C)(=O)=O. The van der Waals surface area contributed by atoms with Crippen LogP contribution < -0.4 is 9.62 Å². The van der Waals surface area contributed by atoms with Crippen molar-refractivity contribution >= 4 is 33.2 Å². The molecular formula is C19H23ClN2O3S. The van der Waals surface area contributed by atoms with Crippen LogP contribution in [-0.4, -0.2) is 33.2 Å². The third kappa shape index (κ3) is 6.35. The number of nitrogens with one attached hydrogen (secondary N) is 1. The highest BCUT2D eigenvalue weighted by molar-refractivity contribution is 7.92. The minimum atomic E-state index is -3.61. The van der Waals surface area contributed by atoms with Crippen molar-refractivity contribution in [1.82, 2.24) is 5.32 Å². The van der Waals surface area contributed by atoms with E-state index in [9.17, 15) is 13.2 Å². The second-order valence-electron chi connectivity index (χ2n) is 6.24. The maximum atomic E-state index is 12.3. The Labute approximate surface area is 160 Å². The molecule has 0 aliphatic carbocycles. The van der Waals surface area contributed by atoms with Crippen molar-refractivity contribution in [2.24, 2.45) is 0 Å². The van der Waals surface area contributed by atoms with Crippen LogP contribution in [0.1, 0.15) is 18.9 Å². The number of rotatable bonds is 8. The predicted octanol–water partition coefficient (Wildman–Crippen LogP) is 3.24. The maximum Gasteiger partial charge on any atom is 0.240 e. The molecule has 0 aliphatic rings. The van der Waals surface area contributed by atoms with Crippen molar-refractivity contribution in [3.63, 3.8) is 0 Å². The summed E-state index contributed by atoms with van der Waals surface area (Å²) in [6.45, 7) is 1.62. The van der Waals surface area contributed by atoms with Crippen molar-refractivity contribution in [2.45, 2.75) is 25.8 Å². The van der Waals surface area contributed by atoms with Crippen LogP contribution >= 0.6 is 11.6 Å². The maximum absolute atomic E-state index is 12.3. The van der Waals surface area contributed by atoms with Gasteiger partial charge in [0.15, 0.2) is 0 Å². The molecule has 0 fully saturated rings. The average Bonchev–Trinajstić information content (AvgIpc) is 2.58. The van der Waals surface area contributed by atoms with Gasteiger partial charge < -0.3 is 5.32 Å². The van der Waals surface area contributed by atoms with E-state index in [1.807, 2.05) is 37.3 Å². The Kier molecular flexibility index (Phi) is 7.06. The number of carbonyl (C=O) groups is 1. The van der Waals surface area contributed by atoms with E-state index in [-0.39, 0.29) is 18.5 Å². The zero-order valence-electron chi connectivity index (χ0n) is 14.9. The number of hydrogen-bond acceptors (Lipinski definition) is 3. The summed E-state index contributed by atoms with van der Waals surface area (Å²) in [5.74, 6) is -0.351. The Hall–Kier alpha value is -2.05. The molecule has 0 saturated carbocycles. The van der Waals surface area contributed by atoms with Crippen LogP contribution in [0.25, 0.3) is 0 Å². The molecule has 1 N–H and O–H groups in total. The molecule has 0 heterocycles. The van der Waals surface area contributed by atoms with Gasteiger partial charge in [-0.1, -0.05) is 48.0 Å². The Morgan fingerprint density at radius 1 is 1.15 bits per heavy atom. The smallest absolute Gasteiger partial charge is 0.240 e. The molecule has 5 nitrogen and oxygen atoms in total. The lowest BCUT2D eigenvalue weighted by Crippen LogP contribution is -2.43. The van der Waals surface area contributed by atoms with E-state index in [0.717, 1.165) is 23.4 Å². The molecule has 140 valence electrons. The van der Waals surface area contributed by atoms with Gasteiger partial charge in [0.25, 0.3) is 0 Å². The first-order chi connectivity index (χ1) is 12.3. The van der Waals surface area contributed by atoms with Crippen LogP contribution in [0.2, 0.25) is 5.02 Å². The molecule has 0 bridgehead atoms. The Morgan fingerprint density at radius 2 is 1.85 bits per heavy atom. The van der Waals surface area contributed by atoms with E-state index < -0.39 is 10.0 Å². The molecule has 2 aromatic carbocycles. The van der Waals surface area contributed by atoms with E-state index >= 15 is 0 Å². The number of carbonyl (C=O) groups excluding carboxylic acids is 1. The van der Waals surface area contributed by atoms with Crippen molar-refractivity contribution < 1.29 is 13.2 Å². The van der Waals surface area contributed by atoms with Gasteiger partial charge >= 0.3 is 0 Å². The first-order valence-corrected chi connectivity index (χ1v) is 10.5. The summed E-state index contributed by atoms with van der Waals surface area (Å²) in [5.41, 5.74) is 1.57. The van der Waals surface area contributed by atoms with Gasteiger partial charge in [-0.3, -0.25) is 9.10 Å². The van der Waals surface area contributed by atoms with E-state index in [1.165, 1.54) is 11.6 Å². The van der Waals surface area contributed by atoms with Gasteiger partial charge in [0.2, 0.25) is 15.9 Å². The Bertz CT molecular complexity index is 841. The lowest BCUT2D eigenvalue weighted by molar-refractivity contribution is -0.120. The van der Waals surface area contributed by atoms with Crippen molar-refractivity contribution in [2.75, 3.05) is 17.1 Å². The third-order valence-corrected chi connectivity index (χ3v) is 5.28. The van der Waals surface area contributed by atoms with E-state index in [4.69, 9.17) is 11.6 Å². The van der Waals surface area contributed by atoms with Gasteiger partial charge in [-0.15, -0.1) is 0 Å². The van der Waals surface area contributed by atoms with E-state index in [2.05, 4.69) is 5.32 Å². The largest absolute Gasteiger partial charge is 0.352 e. The predicted molar refractivity (Wildman–Crippen MR) is 106 cm³/mol. The quantitative estimate of drug-likeness (QED) is 0.747. The normalized spacial score (nSPS) is 12.4. The number of anilines is 1. The number of hydrogen-bond donors (Lipinski definition) is 1. The van der Waals surface area contributed by atoms with Crippen LogP contribution in [0, 0.1) is 0 Å². The number of benzene rings is 2. The molecule has 7 heteroatoms. The molecule has 0 saturated heterocycles. The third-order valence-electron chi connectivity index (χ3n) is 3.90. The zero-order chi connectivity index (χ0) is 19.2. The highest BCUT2D eigenvalue weighted by atomic mass is 35.5. The summed E-state index contributed by atoms with van der Waals surface area (Å²) < 4.78 is 25.2. The zero-order valence-corrected chi connectivity index (χ0v) is 16.4. The van der Waals surface area contributed by atoms with E-state index in [1.54, 1.807) is 18.2 Å². The summed E-state index contributed by atoms with van der Waals surface area (Å²) in [5, 5.41) is 3.27. The summed E-state index contributed by atoms with van der Waals surface area (Å²) in [4.78, 5) is 12.3. The number of nitrogens with zero attached hydrogens (tertiary/aromatic N) is 1. The molecular weight excluding hydrogens is 372 g/mol. The molecule has 0 spiro atoms. The standard InChI is InChI=1S/C19H23ClN2O3S/c1-15(11-12-16-7-4-3-5-8-16)21-19(23)14-22(26(2,24)25)18-10-6-9-17(20)13-18/h3-10,13,15H,11-12,14H2,1-2H3,(H,21,23)/t15-/m1/s1. The number of halogens is 1. The number of sulfonamides is 1. The monoisotopic (exact) mass is 394 g/mol. The van der Waals surface area contributed by atoms with Crippen LogP contribution in [0.4, 0.5) is 5.69 Å². The summed E-state index contributed by atoms with van der Waals surface area (Å²) in [6, 6.07) is 16.4. The molecule has 0 unspecified atom stereocenters. The minimum absolute atomic E-state index is 0.0662. The van der Waals surface area contributed by atoms with Gasteiger partial charge in [-0.25, -0.2) is 8.42 Å². The first-order valence-electron chi connectivity index (χ1n) is 8.32. The second-order valence-corrected chi connectivity index (χ2v) is 8.59. The van der Waals surface area contributed by atoms with Gasteiger partial charge in [0.1, 0.15) is 6.54 Å². The Balaban J connectivity index is 1.96. The molecule has 1 amide bonds. The lowest BCUT2D eigenvalue weighted by atomic mass is 10.1.